The summed E-state index contributed by atoms with van der Waals surface area (Å²) >= 11 is 3.38. The number of ether oxygens (including phenoxy) is 1. The van der Waals surface area contributed by atoms with Crippen molar-refractivity contribution in [2.24, 2.45) is 0 Å². The molecule has 1 aromatic carbocycles. The molecule has 1 aliphatic heterocycles. The van der Waals surface area contributed by atoms with E-state index < -0.39 is 6.10 Å². The summed E-state index contributed by atoms with van der Waals surface area (Å²) in [6, 6.07) is 7.78. The van der Waals surface area contributed by atoms with E-state index in [4.69, 9.17) is 4.74 Å². The van der Waals surface area contributed by atoms with Crippen LogP contribution in [0.3, 0.4) is 0 Å². The molecule has 92 valence electrons. The molecule has 3 nitrogen and oxygen atoms in total. The average molecular weight is 298 g/mol. The number of carbonyl (C=O) groups is 1. The summed E-state index contributed by atoms with van der Waals surface area (Å²) < 4.78 is 5.63. The molecule has 0 bridgehead atoms. The fourth-order valence-electron chi connectivity index (χ4n) is 1.78. The van der Waals surface area contributed by atoms with E-state index in [1.807, 2.05) is 38.1 Å². The summed E-state index contributed by atoms with van der Waals surface area (Å²) in [4.78, 5) is 12.0. The molecule has 17 heavy (non-hydrogen) atoms. The predicted molar refractivity (Wildman–Crippen MR) is 70.6 cm³/mol. The van der Waals surface area contributed by atoms with Gasteiger partial charge < -0.3 is 10.1 Å². The molecule has 1 heterocycles. The first-order chi connectivity index (χ1) is 8.02. The molecule has 1 N–H and O–H groups in total. The molecule has 4 heteroatoms. The number of fused-ring (bicyclic) bond motifs is 1. The minimum absolute atomic E-state index is 0.0503. The fraction of sp³-hybridized carbons (Fsp3) is 0.462. The quantitative estimate of drug-likeness (QED) is 0.869. The highest BCUT2D eigenvalue weighted by molar-refractivity contribution is 9.09. The van der Waals surface area contributed by atoms with Gasteiger partial charge in [-0.05, 0) is 25.5 Å². The van der Waals surface area contributed by atoms with E-state index in [-0.39, 0.29) is 11.4 Å². The van der Waals surface area contributed by atoms with Gasteiger partial charge in [-0.15, -0.1) is 0 Å². The maximum absolute atomic E-state index is 12.0. The third kappa shape index (κ3) is 2.80. The average Bonchev–Trinajstić information content (AvgIpc) is 2.72. The first-order valence-corrected chi connectivity index (χ1v) is 6.76. The van der Waals surface area contributed by atoms with Crippen LogP contribution in [-0.4, -0.2) is 22.9 Å². The number of nitrogens with one attached hydrogen (secondary N) is 1. The molecule has 0 saturated heterocycles. The van der Waals surface area contributed by atoms with Crippen LogP contribution < -0.4 is 10.1 Å². The number of hydrogen-bond donors (Lipinski definition) is 1. The Bertz CT molecular complexity index is 406. The lowest BCUT2D eigenvalue weighted by Crippen LogP contribution is -2.50. The maximum atomic E-state index is 12.0. The molecule has 1 atom stereocenters. The number of amides is 1. The van der Waals surface area contributed by atoms with Gasteiger partial charge in [0, 0.05) is 17.3 Å². The number of rotatable bonds is 3. The van der Waals surface area contributed by atoms with Crippen LogP contribution in [0.25, 0.3) is 0 Å². The van der Waals surface area contributed by atoms with Gasteiger partial charge in [-0.25, -0.2) is 0 Å². The van der Waals surface area contributed by atoms with Crippen molar-refractivity contribution >= 4 is 21.8 Å². The molecule has 1 amide bonds. The molecule has 0 aliphatic carbocycles. The Morgan fingerprint density at radius 3 is 2.88 bits per heavy atom. The zero-order valence-electron chi connectivity index (χ0n) is 10.00. The molecule has 2 rings (SSSR count). The van der Waals surface area contributed by atoms with E-state index in [0.717, 1.165) is 11.3 Å². The summed E-state index contributed by atoms with van der Waals surface area (Å²) in [6.07, 6.45) is 0.256. The van der Waals surface area contributed by atoms with E-state index in [0.29, 0.717) is 11.8 Å². The van der Waals surface area contributed by atoms with E-state index in [2.05, 4.69) is 21.2 Å². The summed E-state index contributed by atoms with van der Waals surface area (Å²) in [7, 11) is 0. The Morgan fingerprint density at radius 1 is 1.53 bits per heavy atom. The van der Waals surface area contributed by atoms with Gasteiger partial charge in [0.1, 0.15) is 5.75 Å². The predicted octanol–water partition coefficient (Wildman–Crippen LogP) is 2.28. The molecular formula is C13H16BrNO2. The zero-order valence-corrected chi connectivity index (χ0v) is 11.6. The monoisotopic (exact) mass is 297 g/mol. The zero-order chi connectivity index (χ0) is 12.5. The van der Waals surface area contributed by atoms with E-state index in [1.165, 1.54) is 0 Å². The van der Waals surface area contributed by atoms with Crippen molar-refractivity contribution in [2.75, 3.05) is 5.33 Å². The number of alkyl halides is 1. The van der Waals surface area contributed by atoms with Crippen molar-refractivity contribution in [3.63, 3.8) is 0 Å². The van der Waals surface area contributed by atoms with E-state index in [1.54, 1.807) is 0 Å². The number of para-hydroxylation sites is 1. The van der Waals surface area contributed by atoms with Crippen LogP contribution >= 0.6 is 15.9 Å². The highest BCUT2D eigenvalue weighted by atomic mass is 79.9. The second kappa shape index (κ2) is 4.69. The maximum Gasteiger partial charge on any atom is 0.261 e. The van der Waals surface area contributed by atoms with Crippen molar-refractivity contribution in [2.45, 2.75) is 31.9 Å². The van der Waals surface area contributed by atoms with Gasteiger partial charge in [0.15, 0.2) is 6.10 Å². The van der Waals surface area contributed by atoms with Crippen molar-refractivity contribution in [1.82, 2.24) is 5.32 Å². The van der Waals surface area contributed by atoms with Gasteiger partial charge in [-0.2, -0.15) is 0 Å². The third-order valence-corrected chi connectivity index (χ3v) is 4.14. The normalized spacial score (nSPS) is 18.4. The summed E-state index contributed by atoms with van der Waals surface area (Å²) in [5, 5.41) is 3.69. The molecule has 0 aromatic heterocycles. The highest BCUT2D eigenvalue weighted by Gasteiger charge is 2.31. The van der Waals surface area contributed by atoms with Crippen molar-refractivity contribution < 1.29 is 9.53 Å². The van der Waals surface area contributed by atoms with Crippen molar-refractivity contribution in [3.8, 4) is 5.75 Å². The van der Waals surface area contributed by atoms with Crippen LogP contribution in [0.4, 0.5) is 0 Å². The second-order valence-electron chi connectivity index (χ2n) is 4.93. The van der Waals surface area contributed by atoms with Crippen LogP contribution in [0.2, 0.25) is 0 Å². The Hall–Kier alpha value is -1.03. The molecular weight excluding hydrogens is 282 g/mol. The van der Waals surface area contributed by atoms with Gasteiger partial charge >= 0.3 is 0 Å². The van der Waals surface area contributed by atoms with Crippen LogP contribution in [0.1, 0.15) is 19.4 Å². The third-order valence-electron chi connectivity index (χ3n) is 2.74. The molecule has 1 unspecified atom stereocenters. The molecule has 1 aliphatic rings. The lowest BCUT2D eigenvalue weighted by atomic mass is 10.1. The largest absolute Gasteiger partial charge is 0.480 e. The summed E-state index contributed by atoms with van der Waals surface area (Å²) in [6.45, 7) is 3.95. The molecule has 0 spiro atoms. The molecule has 0 fully saturated rings. The van der Waals surface area contributed by atoms with Crippen molar-refractivity contribution in [1.29, 1.82) is 0 Å². The smallest absolute Gasteiger partial charge is 0.261 e. The minimum Gasteiger partial charge on any atom is -0.480 e. The minimum atomic E-state index is -0.397. The van der Waals surface area contributed by atoms with Crippen LogP contribution in [0.5, 0.6) is 5.75 Å². The molecule has 0 radical (unpaired) electrons. The Balaban J connectivity index is 2.01. The van der Waals surface area contributed by atoms with Crippen LogP contribution in [0, 0.1) is 0 Å². The number of benzene rings is 1. The lowest BCUT2D eigenvalue weighted by molar-refractivity contribution is -0.128. The van der Waals surface area contributed by atoms with Gasteiger partial charge in [0.2, 0.25) is 0 Å². The second-order valence-corrected chi connectivity index (χ2v) is 5.49. The van der Waals surface area contributed by atoms with E-state index >= 15 is 0 Å². The Kier molecular flexibility index (Phi) is 3.43. The Labute approximate surface area is 110 Å². The summed E-state index contributed by atoms with van der Waals surface area (Å²) in [5.41, 5.74) is 0.846. The standard InChI is InChI=1S/C13H16BrNO2/c1-13(2,8-14)15-12(16)11-7-9-5-3-4-6-10(9)17-11/h3-6,11H,7-8H2,1-2H3,(H,15,16). The fourth-order valence-corrected chi connectivity index (χ4v) is 1.92. The molecule has 1 aromatic rings. The van der Waals surface area contributed by atoms with Crippen LogP contribution in [-0.2, 0) is 11.2 Å². The Morgan fingerprint density at radius 2 is 2.24 bits per heavy atom. The van der Waals surface area contributed by atoms with Gasteiger partial charge in [0.05, 0.1) is 0 Å². The first-order valence-electron chi connectivity index (χ1n) is 5.64. The number of halogens is 1. The number of hydrogen-bond acceptors (Lipinski definition) is 2. The van der Waals surface area contributed by atoms with E-state index in [9.17, 15) is 4.79 Å². The number of carbonyl (C=O) groups excluding carboxylic acids is 1. The first kappa shape index (κ1) is 12.4. The molecule has 0 saturated carbocycles. The topological polar surface area (TPSA) is 38.3 Å². The van der Waals surface area contributed by atoms with Gasteiger partial charge in [-0.3, -0.25) is 4.79 Å². The lowest BCUT2D eigenvalue weighted by Gasteiger charge is -2.25. The van der Waals surface area contributed by atoms with Crippen molar-refractivity contribution in [3.05, 3.63) is 29.8 Å². The summed E-state index contributed by atoms with van der Waals surface area (Å²) in [5.74, 6) is 0.773. The van der Waals surface area contributed by atoms with Crippen LogP contribution in [0.15, 0.2) is 24.3 Å². The highest BCUT2D eigenvalue weighted by Crippen LogP contribution is 2.28. The van der Waals surface area contributed by atoms with Gasteiger partial charge in [-0.1, -0.05) is 34.1 Å². The SMILES string of the molecule is CC(C)(CBr)NC(=O)C1Cc2ccccc2O1. The van der Waals surface area contributed by atoms with Gasteiger partial charge in [0.25, 0.3) is 5.91 Å².